The van der Waals surface area contributed by atoms with Gasteiger partial charge < -0.3 is 14.8 Å². The van der Waals surface area contributed by atoms with Gasteiger partial charge in [0.15, 0.2) is 0 Å². The van der Waals surface area contributed by atoms with Crippen molar-refractivity contribution in [3.8, 4) is 22.3 Å². The number of carbonyl (C=O) groups is 2. The van der Waals surface area contributed by atoms with E-state index in [1.54, 1.807) is 31.9 Å². The molecule has 1 aromatic heterocycles. The fraction of sp³-hybridized carbons (Fsp3) is 0.296. The van der Waals surface area contributed by atoms with E-state index in [0.29, 0.717) is 6.54 Å². The van der Waals surface area contributed by atoms with Crippen LogP contribution in [0.3, 0.4) is 0 Å². The fourth-order valence-corrected chi connectivity index (χ4v) is 4.43. The molecule has 2 aromatic carbocycles. The molecule has 2 aliphatic rings. The first kappa shape index (κ1) is 21.9. The molecule has 0 spiro atoms. The SMILES string of the molecule is CC(C)(C)OC(=O)NC[C@H]1CN(c2ccc3c(c2)Cc2cc(-c4cccnc4)ccc2-3)C(=O)O1. The molecule has 1 saturated heterocycles. The van der Waals surface area contributed by atoms with Gasteiger partial charge in [0.1, 0.15) is 11.7 Å². The molecule has 7 nitrogen and oxygen atoms in total. The van der Waals surface area contributed by atoms with Crippen LogP contribution in [0, 0.1) is 0 Å². The summed E-state index contributed by atoms with van der Waals surface area (Å²) in [7, 11) is 0. The van der Waals surface area contributed by atoms with Crippen molar-refractivity contribution in [1.82, 2.24) is 10.3 Å². The van der Waals surface area contributed by atoms with Gasteiger partial charge in [0.25, 0.3) is 0 Å². The highest BCUT2D eigenvalue weighted by Gasteiger charge is 2.33. The summed E-state index contributed by atoms with van der Waals surface area (Å²) in [6, 6.07) is 16.6. The van der Waals surface area contributed by atoms with Gasteiger partial charge in [-0.15, -0.1) is 0 Å². The summed E-state index contributed by atoms with van der Waals surface area (Å²) in [4.78, 5) is 30.3. The number of nitrogens with zero attached hydrogens (tertiary/aromatic N) is 2. The maximum Gasteiger partial charge on any atom is 0.414 e. The summed E-state index contributed by atoms with van der Waals surface area (Å²) in [6.45, 7) is 5.97. The summed E-state index contributed by atoms with van der Waals surface area (Å²) in [5.41, 5.74) is 7.30. The number of benzene rings is 2. The average Bonchev–Trinajstić information content (AvgIpc) is 3.36. The summed E-state index contributed by atoms with van der Waals surface area (Å²) < 4.78 is 10.7. The number of hydrogen-bond acceptors (Lipinski definition) is 5. The van der Waals surface area contributed by atoms with Gasteiger partial charge in [0.05, 0.1) is 13.1 Å². The number of anilines is 1. The molecule has 0 saturated carbocycles. The van der Waals surface area contributed by atoms with Gasteiger partial charge in [0.2, 0.25) is 0 Å². The molecule has 2 heterocycles. The van der Waals surface area contributed by atoms with Crippen molar-refractivity contribution in [3.05, 3.63) is 72.1 Å². The predicted octanol–water partition coefficient (Wildman–Crippen LogP) is 5.17. The maximum absolute atomic E-state index is 12.5. The van der Waals surface area contributed by atoms with E-state index < -0.39 is 23.9 Å². The van der Waals surface area contributed by atoms with Crippen molar-refractivity contribution in [2.45, 2.75) is 38.9 Å². The number of pyridine rings is 1. The zero-order valence-electron chi connectivity index (χ0n) is 19.5. The molecule has 0 unspecified atom stereocenters. The predicted molar refractivity (Wildman–Crippen MR) is 130 cm³/mol. The molecule has 1 fully saturated rings. The molecule has 1 atom stereocenters. The molecule has 174 valence electrons. The molecular weight excluding hydrogens is 430 g/mol. The zero-order chi connectivity index (χ0) is 23.9. The van der Waals surface area contributed by atoms with Gasteiger partial charge in [-0.2, -0.15) is 0 Å². The quantitative estimate of drug-likeness (QED) is 0.457. The molecule has 2 amide bonds. The number of cyclic esters (lactones) is 1. The molecule has 1 N–H and O–H groups in total. The summed E-state index contributed by atoms with van der Waals surface area (Å²) in [6.07, 6.45) is 3.07. The van der Waals surface area contributed by atoms with Crippen molar-refractivity contribution >= 4 is 17.9 Å². The smallest absolute Gasteiger partial charge is 0.414 e. The van der Waals surface area contributed by atoms with Gasteiger partial charge in [0, 0.05) is 18.1 Å². The Morgan fingerprint density at radius 2 is 1.88 bits per heavy atom. The Balaban J connectivity index is 1.28. The molecule has 7 heteroatoms. The van der Waals surface area contributed by atoms with Gasteiger partial charge >= 0.3 is 12.2 Å². The number of hydrogen-bond donors (Lipinski definition) is 1. The number of alkyl carbamates (subject to hydrolysis) is 1. The zero-order valence-corrected chi connectivity index (χ0v) is 19.5. The first-order chi connectivity index (χ1) is 16.3. The Labute approximate surface area is 198 Å². The third-order valence-corrected chi connectivity index (χ3v) is 5.92. The lowest BCUT2D eigenvalue weighted by Crippen LogP contribution is -2.38. The Bertz CT molecular complexity index is 1250. The summed E-state index contributed by atoms with van der Waals surface area (Å²) >= 11 is 0. The third kappa shape index (κ3) is 4.46. The van der Waals surface area contributed by atoms with E-state index in [0.717, 1.165) is 23.2 Å². The van der Waals surface area contributed by atoms with Crippen LogP contribution in [0.4, 0.5) is 15.3 Å². The first-order valence-electron chi connectivity index (χ1n) is 11.4. The van der Waals surface area contributed by atoms with Crippen LogP contribution < -0.4 is 10.2 Å². The summed E-state index contributed by atoms with van der Waals surface area (Å²) in [5, 5.41) is 2.68. The standard InChI is InChI=1S/C27H27N3O4/c1-27(2,3)34-25(31)29-15-22-16-30(26(32)33-22)21-7-9-24-20(13-21)12-19-11-17(6-8-23(19)24)18-5-4-10-28-14-18/h4-11,13-14,22H,12,15-16H2,1-3H3,(H,29,31)/t22-/m0/s1. The second-order valence-electron chi connectivity index (χ2n) is 9.63. The normalized spacial score (nSPS) is 16.6. The average molecular weight is 458 g/mol. The molecule has 0 bridgehead atoms. The molecular formula is C27H27N3O4. The molecule has 3 aromatic rings. The highest BCUT2D eigenvalue weighted by Crippen LogP contribution is 2.40. The van der Waals surface area contributed by atoms with Crippen LogP contribution in [0.2, 0.25) is 0 Å². The third-order valence-electron chi connectivity index (χ3n) is 5.92. The Hall–Kier alpha value is -3.87. The van der Waals surface area contributed by atoms with Crippen molar-refractivity contribution < 1.29 is 19.1 Å². The van der Waals surface area contributed by atoms with E-state index in [9.17, 15) is 9.59 Å². The van der Waals surface area contributed by atoms with Gasteiger partial charge in [-0.3, -0.25) is 9.88 Å². The first-order valence-corrected chi connectivity index (χ1v) is 11.4. The Kier molecular flexibility index (Phi) is 5.48. The van der Waals surface area contributed by atoms with E-state index in [2.05, 4.69) is 46.7 Å². The minimum atomic E-state index is -0.580. The topological polar surface area (TPSA) is 80.8 Å². The van der Waals surface area contributed by atoms with E-state index in [1.807, 2.05) is 18.3 Å². The number of ether oxygens (including phenoxy) is 2. The van der Waals surface area contributed by atoms with E-state index in [1.165, 1.54) is 22.3 Å². The van der Waals surface area contributed by atoms with Crippen LogP contribution in [0.5, 0.6) is 0 Å². The molecule has 0 radical (unpaired) electrons. The number of fused-ring (bicyclic) bond motifs is 3. The van der Waals surface area contributed by atoms with Crippen LogP contribution in [0.15, 0.2) is 60.9 Å². The van der Waals surface area contributed by atoms with Gasteiger partial charge in [-0.1, -0.05) is 30.3 Å². The van der Waals surface area contributed by atoms with E-state index in [-0.39, 0.29) is 6.54 Å². The molecule has 1 aliphatic heterocycles. The minimum Gasteiger partial charge on any atom is -0.444 e. The van der Waals surface area contributed by atoms with Gasteiger partial charge in [-0.05, 0) is 78.8 Å². The van der Waals surface area contributed by atoms with Crippen LogP contribution in [0.25, 0.3) is 22.3 Å². The van der Waals surface area contributed by atoms with E-state index >= 15 is 0 Å². The highest BCUT2D eigenvalue weighted by atomic mass is 16.6. The van der Waals surface area contributed by atoms with Crippen LogP contribution in [-0.4, -0.2) is 42.0 Å². The lowest BCUT2D eigenvalue weighted by atomic mass is 10.0. The van der Waals surface area contributed by atoms with Crippen LogP contribution in [0.1, 0.15) is 31.9 Å². The fourth-order valence-electron chi connectivity index (χ4n) is 4.43. The Morgan fingerprint density at radius 3 is 2.62 bits per heavy atom. The Morgan fingerprint density at radius 1 is 1.12 bits per heavy atom. The van der Waals surface area contributed by atoms with Crippen molar-refractivity contribution in [1.29, 1.82) is 0 Å². The van der Waals surface area contributed by atoms with Crippen molar-refractivity contribution in [3.63, 3.8) is 0 Å². The number of amides is 2. The number of aromatic nitrogens is 1. The lowest BCUT2D eigenvalue weighted by molar-refractivity contribution is 0.0496. The largest absolute Gasteiger partial charge is 0.444 e. The monoisotopic (exact) mass is 457 g/mol. The lowest BCUT2D eigenvalue weighted by Gasteiger charge is -2.20. The second-order valence-corrected chi connectivity index (χ2v) is 9.63. The van der Waals surface area contributed by atoms with E-state index in [4.69, 9.17) is 9.47 Å². The molecule has 5 rings (SSSR count). The maximum atomic E-state index is 12.5. The van der Waals surface area contributed by atoms with Crippen molar-refractivity contribution in [2.24, 2.45) is 0 Å². The van der Waals surface area contributed by atoms with Crippen LogP contribution in [-0.2, 0) is 15.9 Å². The van der Waals surface area contributed by atoms with Crippen LogP contribution >= 0.6 is 0 Å². The summed E-state index contributed by atoms with van der Waals surface area (Å²) in [5.74, 6) is 0. The second kappa shape index (κ2) is 8.48. The number of nitrogens with one attached hydrogen (secondary N) is 1. The minimum absolute atomic E-state index is 0.199. The molecule has 1 aliphatic carbocycles. The molecule has 34 heavy (non-hydrogen) atoms. The van der Waals surface area contributed by atoms with Crippen molar-refractivity contribution in [2.75, 3.05) is 18.0 Å². The number of rotatable bonds is 4. The highest BCUT2D eigenvalue weighted by molar-refractivity contribution is 5.91. The number of carbonyl (C=O) groups excluding carboxylic acids is 2. The van der Waals surface area contributed by atoms with Gasteiger partial charge in [-0.25, -0.2) is 9.59 Å².